The molecule has 0 saturated heterocycles. The smallest absolute Gasteiger partial charge is 0.138 e. The second-order valence-electron chi connectivity index (χ2n) is 6.62. The lowest BCUT2D eigenvalue weighted by Gasteiger charge is -2.05. The fourth-order valence-electron chi connectivity index (χ4n) is 3.40. The Labute approximate surface area is 158 Å². The van der Waals surface area contributed by atoms with Crippen molar-refractivity contribution in [1.29, 1.82) is 0 Å². The summed E-state index contributed by atoms with van der Waals surface area (Å²) in [5, 5.41) is 0. The van der Waals surface area contributed by atoms with Gasteiger partial charge in [-0.1, -0.05) is 84.9 Å². The number of hydrogen-bond donors (Lipinski definition) is 0. The molecule has 2 heteroatoms. The monoisotopic (exact) mass is 346 g/mol. The maximum Gasteiger partial charge on any atom is 0.138 e. The van der Waals surface area contributed by atoms with Crippen molar-refractivity contribution in [3.63, 3.8) is 0 Å². The van der Waals surface area contributed by atoms with Gasteiger partial charge in [0.25, 0.3) is 0 Å². The van der Waals surface area contributed by atoms with Crippen LogP contribution in [0.2, 0.25) is 0 Å². The van der Waals surface area contributed by atoms with Crippen molar-refractivity contribution < 1.29 is 0 Å². The first-order valence-electron chi connectivity index (χ1n) is 9.07. The summed E-state index contributed by atoms with van der Waals surface area (Å²) in [4.78, 5) is 4.80. The molecule has 3 aromatic carbocycles. The van der Waals surface area contributed by atoms with E-state index >= 15 is 0 Å². The van der Waals surface area contributed by atoms with Crippen molar-refractivity contribution >= 4 is 5.65 Å². The van der Waals surface area contributed by atoms with E-state index in [-0.39, 0.29) is 0 Å². The highest BCUT2D eigenvalue weighted by Gasteiger charge is 2.06. The van der Waals surface area contributed by atoms with Crippen LogP contribution in [0.15, 0.2) is 109 Å². The highest BCUT2D eigenvalue weighted by atomic mass is 15.0. The SMILES string of the molecule is c1ccc(-c2ccc(-c3ccn4cc(-c5ccccc5)nc4c3)cc2)cc1. The van der Waals surface area contributed by atoms with Crippen LogP contribution in [-0.2, 0) is 0 Å². The minimum Gasteiger partial charge on any atom is -0.306 e. The molecule has 0 aliphatic carbocycles. The molecular weight excluding hydrogens is 328 g/mol. The molecule has 0 saturated carbocycles. The fourth-order valence-corrected chi connectivity index (χ4v) is 3.40. The average Bonchev–Trinajstić information content (AvgIpc) is 3.19. The van der Waals surface area contributed by atoms with Crippen LogP contribution in [0.3, 0.4) is 0 Å². The zero-order valence-corrected chi connectivity index (χ0v) is 14.8. The van der Waals surface area contributed by atoms with Crippen LogP contribution in [0.25, 0.3) is 39.2 Å². The predicted molar refractivity (Wildman–Crippen MR) is 112 cm³/mol. The van der Waals surface area contributed by atoms with Crippen molar-refractivity contribution in [2.24, 2.45) is 0 Å². The molecule has 0 spiro atoms. The van der Waals surface area contributed by atoms with Gasteiger partial charge >= 0.3 is 0 Å². The van der Waals surface area contributed by atoms with Gasteiger partial charge in [-0.15, -0.1) is 0 Å². The average molecular weight is 346 g/mol. The lowest BCUT2D eigenvalue weighted by Crippen LogP contribution is -1.85. The normalized spacial score (nSPS) is 11.0. The number of imidazole rings is 1. The predicted octanol–water partition coefficient (Wildman–Crippen LogP) is 6.34. The second kappa shape index (κ2) is 6.58. The summed E-state index contributed by atoms with van der Waals surface area (Å²) >= 11 is 0. The van der Waals surface area contributed by atoms with Crippen LogP contribution in [0, 0.1) is 0 Å². The number of aromatic nitrogens is 2. The van der Waals surface area contributed by atoms with Gasteiger partial charge < -0.3 is 4.40 Å². The topological polar surface area (TPSA) is 17.3 Å². The Kier molecular flexibility index (Phi) is 3.80. The maximum absolute atomic E-state index is 4.80. The van der Waals surface area contributed by atoms with E-state index in [2.05, 4.69) is 89.6 Å². The van der Waals surface area contributed by atoms with Crippen molar-refractivity contribution in [3.8, 4) is 33.5 Å². The quantitative estimate of drug-likeness (QED) is 0.373. The van der Waals surface area contributed by atoms with Gasteiger partial charge in [-0.05, 0) is 34.4 Å². The molecule has 27 heavy (non-hydrogen) atoms. The number of fused-ring (bicyclic) bond motifs is 1. The first-order valence-corrected chi connectivity index (χ1v) is 9.07. The summed E-state index contributed by atoms with van der Waals surface area (Å²) in [6, 6.07) is 33.7. The molecule has 5 rings (SSSR count). The third-order valence-electron chi connectivity index (χ3n) is 4.86. The Balaban J connectivity index is 1.50. The molecule has 0 aliphatic heterocycles. The molecule has 2 heterocycles. The van der Waals surface area contributed by atoms with E-state index in [1.807, 2.05) is 24.3 Å². The van der Waals surface area contributed by atoms with E-state index < -0.39 is 0 Å². The highest BCUT2D eigenvalue weighted by Crippen LogP contribution is 2.26. The van der Waals surface area contributed by atoms with Gasteiger partial charge in [-0.3, -0.25) is 0 Å². The van der Waals surface area contributed by atoms with Crippen molar-refractivity contribution in [2.45, 2.75) is 0 Å². The third kappa shape index (κ3) is 3.02. The first kappa shape index (κ1) is 15.6. The number of hydrogen-bond acceptors (Lipinski definition) is 1. The van der Waals surface area contributed by atoms with Gasteiger partial charge in [-0.25, -0.2) is 4.98 Å². The molecule has 2 nitrogen and oxygen atoms in total. The van der Waals surface area contributed by atoms with Crippen LogP contribution in [0.4, 0.5) is 0 Å². The van der Waals surface area contributed by atoms with Crippen LogP contribution >= 0.6 is 0 Å². The van der Waals surface area contributed by atoms with Gasteiger partial charge in [0.1, 0.15) is 5.65 Å². The van der Waals surface area contributed by atoms with Crippen molar-refractivity contribution in [3.05, 3.63) is 109 Å². The summed E-state index contributed by atoms with van der Waals surface area (Å²) in [6.45, 7) is 0. The van der Waals surface area contributed by atoms with Crippen LogP contribution in [0.5, 0.6) is 0 Å². The number of nitrogens with zero attached hydrogens (tertiary/aromatic N) is 2. The van der Waals surface area contributed by atoms with E-state index in [4.69, 9.17) is 4.98 Å². The van der Waals surface area contributed by atoms with Crippen LogP contribution in [-0.4, -0.2) is 9.38 Å². The van der Waals surface area contributed by atoms with Gasteiger partial charge in [-0.2, -0.15) is 0 Å². The Bertz CT molecular complexity index is 1190. The van der Waals surface area contributed by atoms with E-state index in [9.17, 15) is 0 Å². The van der Waals surface area contributed by atoms with Crippen molar-refractivity contribution in [1.82, 2.24) is 9.38 Å². The largest absolute Gasteiger partial charge is 0.306 e. The Morgan fingerprint density at radius 3 is 1.74 bits per heavy atom. The summed E-state index contributed by atoms with van der Waals surface area (Å²) in [6.07, 6.45) is 4.15. The number of benzene rings is 3. The lowest BCUT2D eigenvalue weighted by molar-refractivity contribution is 1.19. The van der Waals surface area contributed by atoms with Gasteiger partial charge in [0, 0.05) is 18.0 Å². The molecule has 0 N–H and O–H groups in total. The summed E-state index contributed by atoms with van der Waals surface area (Å²) in [5.74, 6) is 0. The van der Waals surface area contributed by atoms with Crippen LogP contribution < -0.4 is 0 Å². The van der Waals surface area contributed by atoms with Gasteiger partial charge in [0.2, 0.25) is 0 Å². The highest BCUT2D eigenvalue weighted by molar-refractivity contribution is 5.73. The van der Waals surface area contributed by atoms with Gasteiger partial charge in [0.05, 0.1) is 5.69 Å². The second-order valence-corrected chi connectivity index (χ2v) is 6.62. The Morgan fingerprint density at radius 1 is 0.519 bits per heavy atom. The minimum atomic E-state index is 0.957. The van der Waals surface area contributed by atoms with E-state index in [1.165, 1.54) is 22.3 Å². The molecule has 0 amide bonds. The zero-order valence-electron chi connectivity index (χ0n) is 14.8. The Hall–Kier alpha value is -3.65. The molecule has 0 atom stereocenters. The van der Waals surface area contributed by atoms with E-state index in [1.54, 1.807) is 0 Å². The molecule has 0 fully saturated rings. The molecule has 128 valence electrons. The molecule has 0 unspecified atom stereocenters. The molecule has 0 radical (unpaired) electrons. The van der Waals surface area contributed by atoms with Crippen molar-refractivity contribution in [2.75, 3.05) is 0 Å². The third-order valence-corrected chi connectivity index (χ3v) is 4.86. The minimum absolute atomic E-state index is 0.957. The number of rotatable bonds is 3. The van der Waals surface area contributed by atoms with E-state index in [0.29, 0.717) is 0 Å². The standard InChI is InChI=1S/C25H18N2/c1-3-7-19(8-4-1)20-11-13-21(14-12-20)23-15-16-27-18-24(26-25(27)17-23)22-9-5-2-6-10-22/h1-18H. The lowest BCUT2D eigenvalue weighted by atomic mass is 10.0. The molecule has 0 bridgehead atoms. The Morgan fingerprint density at radius 2 is 1.07 bits per heavy atom. The molecule has 0 aliphatic rings. The summed E-state index contributed by atoms with van der Waals surface area (Å²) in [7, 11) is 0. The van der Waals surface area contributed by atoms with Crippen LogP contribution in [0.1, 0.15) is 0 Å². The summed E-state index contributed by atoms with van der Waals surface area (Å²) in [5.41, 5.74) is 7.92. The fraction of sp³-hybridized carbons (Fsp3) is 0. The van der Waals surface area contributed by atoms with E-state index in [0.717, 1.165) is 16.9 Å². The zero-order chi connectivity index (χ0) is 18.1. The molecule has 5 aromatic rings. The molecular formula is C25H18N2. The van der Waals surface area contributed by atoms with Gasteiger partial charge in [0.15, 0.2) is 0 Å². The maximum atomic E-state index is 4.80. The summed E-state index contributed by atoms with van der Waals surface area (Å²) < 4.78 is 2.07. The molecule has 2 aromatic heterocycles. The first-order chi connectivity index (χ1) is 13.4. The number of pyridine rings is 1.